The van der Waals surface area contributed by atoms with Crippen LogP contribution in [0.5, 0.6) is 0 Å². The minimum Gasteiger partial charge on any atom is -0.367 e. The molecule has 0 saturated carbocycles. The van der Waals surface area contributed by atoms with E-state index >= 15 is 0 Å². The van der Waals surface area contributed by atoms with Crippen molar-refractivity contribution in [1.82, 2.24) is 5.16 Å². The van der Waals surface area contributed by atoms with Crippen LogP contribution in [-0.4, -0.2) is 5.16 Å². The molecule has 1 heterocycles. The van der Waals surface area contributed by atoms with Crippen LogP contribution in [0, 0.1) is 5.82 Å². The van der Waals surface area contributed by atoms with Gasteiger partial charge in [-0.05, 0) is 23.8 Å². The zero-order chi connectivity index (χ0) is 14.1. The largest absolute Gasteiger partial charge is 0.367 e. The Morgan fingerprint density at radius 2 is 1.85 bits per heavy atom. The Balaban J connectivity index is 2.21. The molecule has 1 aromatic heterocycles. The molecule has 0 spiro atoms. The molecule has 0 fully saturated rings. The fourth-order valence-corrected chi connectivity index (χ4v) is 2.31. The van der Waals surface area contributed by atoms with Crippen LogP contribution >= 0.6 is 11.6 Å². The van der Waals surface area contributed by atoms with Crippen LogP contribution in [0.2, 0.25) is 5.02 Å². The van der Waals surface area contributed by atoms with Crippen LogP contribution in [0.25, 0.3) is 22.4 Å². The molecular formula is C15H10ClFN2O. The highest BCUT2D eigenvalue weighted by Gasteiger charge is 2.19. The molecule has 0 unspecified atom stereocenters. The Bertz CT molecular complexity index is 756. The topological polar surface area (TPSA) is 52.0 Å². The van der Waals surface area contributed by atoms with E-state index in [4.69, 9.17) is 21.9 Å². The zero-order valence-corrected chi connectivity index (χ0v) is 11.1. The summed E-state index contributed by atoms with van der Waals surface area (Å²) in [6.07, 6.45) is 0. The van der Waals surface area contributed by atoms with Gasteiger partial charge in [0.1, 0.15) is 11.5 Å². The number of benzene rings is 2. The molecule has 0 aliphatic rings. The number of aromatic nitrogens is 1. The van der Waals surface area contributed by atoms with Crippen LogP contribution in [0.4, 0.5) is 10.3 Å². The van der Waals surface area contributed by atoms with Gasteiger partial charge in [0, 0.05) is 5.56 Å². The lowest BCUT2D eigenvalue weighted by atomic mass is 10.0. The van der Waals surface area contributed by atoms with E-state index in [2.05, 4.69) is 5.16 Å². The van der Waals surface area contributed by atoms with E-state index in [1.807, 2.05) is 30.3 Å². The standard InChI is InChI=1S/C15H10ClFN2O/c16-12-8-10(17)6-7-11(12)14-13(15(18)20-19-14)9-4-2-1-3-5-9/h1-8H,18H2. The van der Waals surface area contributed by atoms with Gasteiger partial charge >= 0.3 is 0 Å². The monoisotopic (exact) mass is 288 g/mol. The quantitative estimate of drug-likeness (QED) is 0.761. The zero-order valence-electron chi connectivity index (χ0n) is 10.3. The molecule has 0 atom stereocenters. The van der Waals surface area contributed by atoms with E-state index in [0.717, 1.165) is 5.56 Å². The predicted molar refractivity (Wildman–Crippen MR) is 76.8 cm³/mol. The van der Waals surface area contributed by atoms with E-state index in [0.29, 0.717) is 16.8 Å². The minimum absolute atomic E-state index is 0.201. The first-order valence-corrected chi connectivity index (χ1v) is 6.30. The van der Waals surface area contributed by atoms with Crippen molar-refractivity contribution in [2.24, 2.45) is 0 Å². The Kier molecular flexibility index (Phi) is 3.16. The summed E-state index contributed by atoms with van der Waals surface area (Å²) < 4.78 is 18.2. The molecule has 20 heavy (non-hydrogen) atoms. The van der Waals surface area contributed by atoms with Crippen molar-refractivity contribution < 1.29 is 8.91 Å². The van der Waals surface area contributed by atoms with Crippen molar-refractivity contribution in [2.75, 3.05) is 5.73 Å². The molecule has 3 aromatic rings. The van der Waals surface area contributed by atoms with Gasteiger partial charge in [-0.2, -0.15) is 0 Å². The van der Waals surface area contributed by atoms with Gasteiger partial charge in [0.2, 0.25) is 5.88 Å². The normalized spacial score (nSPS) is 10.7. The molecule has 2 N–H and O–H groups in total. The van der Waals surface area contributed by atoms with E-state index < -0.39 is 5.82 Å². The van der Waals surface area contributed by atoms with E-state index in [-0.39, 0.29) is 10.9 Å². The van der Waals surface area contributed by atoms with Crippen molar-refractivity contribution in [2.45, 2.75) is 0 Å². The summed E-state index contributed by atoms with van der Waals surface area (Å²) in [7, 11) is 0. The molecule has 2 aromatic carbocycles. The van der Waals surface area contributed by atoms with Crippen molar-refractivity contribution in [1.29, 1.82) is 0 Å². The third kappa shape index (κ3) is 2.14. The van der Waals surface area contributed by atoms with Crippen LogP contribution in [0.3, 0.4) is 0 Å². The first kappa shape index (κ1) is 12.7. The lowest BCUT2D eigenvalue weighted by Crippen LogP contribution is -1.88. The summed E-state index contributed by atoms with van der Waals surface area (Å²) in [6, 6.07) is 13.6. The average molecular weight is 289 g/mol. The molecular weight excluding hydrogens is 279 g/mol. The second kappa shape index (κ2) is 4.98. The summed E-state index contributed by atoms with van der Waals surface area (Å²) in [6.45, 7) is 0. The molecule has 0 aliphatic carbocycles. The summed E-state index contributed by atoms with van der Waals surface area (Å²) in [5.74, 6) is -0.205. The highest BCUT2D eigenvalue weighted by Crippen LogP contribution is 2.38. The maximum absolute atomic E-state index is 13.1. The number of halogens is 2. The second-order valence-corrected chi connectivity index (χ2v) is 4.67. The maximum Gasteiger partial charge on any atom is 0.230 e. The smallest absolute Gasteiger partial charge is 0.230 e. The Labute approximate surface area is 119 Å². The fourth-order valence-electron chi connectivity index (χ4n) is 2.05. The number of nitrogens with two attached hydrogens (primary N) is 1. The van der Waals surface area contributed by atoms with Crippen LogP contribution in [-0.2, 0) is 0 Å². The average Bonchev–Trinajstić information content (AvgIpc) is 2.81. The highest BCUT2D eigenvalue weighted by atomic mass is 35.5. The number of anilines is 1. The Hall–Kier alpha value is -2.33. The molecule has 0 radical (unpaired) electrons. The van der Waals surface area contributed by atoms with Gasteiger partial charge < -0.3 is 10.3 Å². The molecule has 3 rings (SSSR count). The van der Waals surface area contributed by atoms with E-state index in [1.165, 1.54) is 12.1 Å². The highest BCUT2D eigenvalue weighted by molar-refractivity contribution is 6.33. The second-order valence-electron chi connectivity index (χ2n) is 4.26. The third-order valence-electron chi connectivity index (χ3n) is 2.97. The van der Waals surface area contributed by atoms with Crippen molar-refractivity contribution in [3.8, 4) is 22.4 Å². The summed E-state index contributed by atoms with van der Waals surface area (Å²) in [5.41, 5.74) is 8.43. The van der Waals surface area contributed by atoms with Crippen molar-refractivity contribution in [3.05, 3.63) is 59.4 Å². The number of nitrogens with zero attached hydrogens (tertiary/aromatic N) is 1. The minimum atomic E-state index is -0.406. The SMILES string of the molecule is Nc1onc(-c2ccc(F)cc2Cl)c1-c1ccccc1. The van der Waals surface area contributed by atoms with E-state index in [1.54, 1.807) is 6.07 Å². The van der Waals surface area contributed by atoms with E-state index in [9.17, 15) is 4.39 Å². The van der Waals surface area contributed by atoms with Crippen LogP contribution in [0.1, 0.15) is 0 Å². The summed E-state index contributed by atoms with van der Waals surface area (Å²) in [4.78, 5) is 0. The molecule has 0 bridgehead atoms. The van der Waals surface area contributed by atoms with Gasteiger partial charge in [-0.15, -0.1) is 0 Å². The first-order valence-electron chi connectivity index (χ1n) is 5.93. The predicted octanol–water partition coefficient (Wildman–Crippen LogP) is 4.38. The molecule has 100 valence electrons. The fraction of sp³-hybridized carbons (Fsp3) is 0. The van der Waals surface area contributed by atoms with Crippen molar-refractivity contribution >= 4 is 17.5 Å². The maximum atomic E-state index is 13.1. The van der Waals surface area contributed by atoms with Gasteiger partial charge in [0.15, 0.2) is 0 Å². The molecule has 0 saturated heterocycles. The number of rotatable bonds is 2. The first-order chi connectivity index (χ1) is 9.66. The number of nitrogen functional groups attached to an aromatic ring is 1. The van der Waals surface area contributed by atoms with Gasteiger partial charge in [-0.25, -0.2) is 4.39 Å². The van der Waals surface area contributed by atoms with Gasteiger partial charge in [-0.3, -0.25) is 0 Å². The molecule has 0 amide bonds. The lowest BCUT2D eigenvalue weighted by Gasteiger charge is -2.04. The Morgan fingerprint density at radius 3 is 2.55 bits per heavy atom. The summed E-state index contributed by atoms with van der Waals surface area (Å²) >= 11 is 6.07. The summed E-state index contributed by atoms with van der Waals surface area (Å²) in [5, 5.41) is 4.21. The lowest BCUT2D eigenvalue weighted by molar-refractivity contribution is 0.439. The van der Waals surface area contributed by atoms with Crippen molar-refractivity contribution in [3.63, 3.8) is 0 Å². The Morgan fingerprint density at radius 1 is 1.10 bits per heavy atom. The third-order valence-corrected chi connectivity index (χ3v) is 3.28. The molecule has 0 aliphatic heterocycles. The number of hydrogen-bond donors (Lipinski definition) is 1. The van der Waals surface area contributed by atoms with Gasteiger partial charge in [0.25, 0.3) is 0 Å². The van der Waals surface area contributed by atoms with Gasteiger partial charge in [-0.1, -0.05) is 47.1 Å². The van der Waals surface area contributed by atoms with Crippen LogP contribution in [0.15, 0.2) is 53.1 Å². The van der Waals surface area contributed by atoms with Crippen LogP contribution < -0.4 is 5.73 Å². The van der Waals surface area contributed by atoms with Gasteiger partial charge in [0.05, 0.1) is 10.6 Å². The molecule has 5 heteroatoms. The molecule has 3 nitrogen and oxygen atoms in total. The number of hydrogen-bond acceptors (Lipinski definition) is 3.